The number of likely N-dealkylation sites (tertiary alicyclic amines) is 3. The molecule has 1 aromatic heterocycles. The molecule has 0 aliphatic carbocycles. The Hall–Kier alpha value is -6.90. The van der Waals surface area contributed by atoms with Crippen molar-refractivity contribution in [2.24, 2.45) is 34.0 Å². The van der Waals surface area contributed by atoms with Crippen LogP contribution in [0, 0.1) is 11.8 Å². The first kappa shape index (κ1) is 62.6. The number of aliphatic imine (C=N–C) groups is 1. The van der Waals surface area contributed by atoms with Crippen molar-refractivity contribution in [2.45, 2.75) is 185 Å². The third kappa shape index (κ3) is 18.1. The van der Waals surface area contributed by atoms with Crippen molar-refractivity contribution >= 4 is 65.1 Å². The first-order valence-electron chi connectivity index (χ1n) is 26.8. The van der Waals surface area contributed by atoms with Crippen LogP contribution in [0.2, 0.25) is 0 Å². The van der Waals surface area contributed by atoms with E-state index < -0.39 is 126 Å². The summed E-state index contributed by atoms with van der Waals surface area (Å²) in [6.45, 7) is 10.2. The highest BCUT2D eigenvalue weighted by atomic mass is 16.4. The predicted octanol–water partition coefficient (Wildman–Crippen LogP) is -2.80. The Kier molecular flexibility index (Phi) is 24.5. The number of carbonyl (C=O) groups excluding carboxylic acids is 9. The molecule has 0 aromatic carbocycles. The van der Waals surface area contributed by atoms with Crippen LogP contribution in [0.3, 0.4) is 0 Å². The highest BCUT2D eigenvalue weighted by Crippen LogP contribution is 2.24. The lowest BCUT2D eigenvalue weighted by Gasteiger charge is -2.32. The molecule has 430 valence electrons. The van der Waals surface area contributed by atoms with Crippen LogP contribution < -0.4 is 49.1 Å². The molecule has 0 saturated carbocycles. The van der Waals surface area contributed by atoms with Crippen molar-refractivity contribution in [1.29, 1.82) is 0 Å². The van der Waals surface area contributed by atoms with Crippen molar-refractivity contribution in [3.8, 4) is 0 Å². The number of unbranched alkanes of at least 4 members (excludes halogenated alkanes) is 1. The van der Waals surface area contributed by atoms with Gasteiger partial charge in [-0.2, -0.15) is 0 Å². The van der Waals surface area contributed by atoms with Crippen LogP contribution in [0.15, 0.2) is 17.5 Å². The number of aliphatic carboxylic acids is 1. The van der Waals surface area contributed by atoms with Gasteiger partial charge in [0.25, 0.3) is 0 Å². The summed E-state index contributed by atoms with van der Waals surface area (Å²) in [7, 11) is 0. The van der Waals surface area contributed by atoms with Gasteiger partial charge in [0.1, 0.15) is 54.4 Å². The van der Waals surface area contributed by atoms with Crippen molar-refractivity contribution in [2.75, 3.05) is 32.8 Å². The lowest BCUT2D eigenvalue weighted by atomic mass is 10.0. The van der Waals surface area contributed by atoms with E-state index in [4.69, 9.17) is 17.2 Å². The summed E-state index contributed by atoms with van der Waals surface area (Å²) in [4.78, 5) is 151. The number of aliphatic hydroxyl groups excluding tert-OH is 1. The number of aromatic nitrogens is 2. The molecule has 3 aliphatic heterocycles. The molecule has 0 radical (unpaired) electrons. The second-order valence-corrected chi connectivity index (χ2v) is 20.9. The van der Waals surface area contributed by atoms with Gasteiger partial charge < -0.3 is 79.0 Å². The molecule has 4 heterocycles. The summed E-state index contributed by atoms with van der Waals surface area (Å²) >= 11 is 0. The highest BCUT2D eigenvalue weighted by molar-refractivity contribution is 5.99. The molecule has 15 N–H and O–H groups in total. The Morgan fingerprint density at radius 3 is 1.77 bits per heavy atom. The van der Waals surface area contributed by atoms with Gasteiger partial charge in [-0.05, 0) is 83.0 Å². The Labute approximate surface area is 449 Å². The van der Waals surface area contributed by atoms with Crippen LogP contribution in [0.25, 0.3) is 0 Å². The maximum Gasteiger partial charge on any atom is 0.326 e. The Morgan fingerprint density at radius 2 is 1.22 bits per heavy atom. The van der Waals surface area contributed by atoms with Crippen LogP contribution >= 0.6 is 0 Å². The van der Waals surface area contributed by atoms with Crippen molar-refractivity contribution in [3.05, 3.63) is 18.2 Å². The average molecular weight is 1090 g/mol. The van der Waals surface area contributed by atoms with Crippen molar-refractivity contribution in [1.82, 2.24) is 56.6 Å². The van der Waals surface area contributed by atoms with Crippen molar-refractivity contribution in [3.63, 3.8) is 0 Å². The number of carboxylic acid groups (broad SMARTS) is 1. The molecule has 77 heavy (non-hydrogen) atoms. The number of nitrogens with zero attached hydrogens (tertiary/aromatic N) is 5. The van der Waals surface area contributed by atoms with Crippen LogP contribution in [0.1, 0.15) is 124 Å². The maximum absolute atomic E-state index is 14.3. The number of hydrogen-bond acceptors (Lipinski definition) is 14. The zero-order valence-electron chi connectivity index (χ0n) is 45.3. The minimum absolute atomic E-state index is 0.0341. The van der Waals surface area contributed by atoms with Gasteiger partial charge in [0.05, 0.1) is 19.0 Å². The summed E-state index contributed by atoms with van der Waals surface area (Å²) in [5, 5.41) is 36.0. The number of aromatic amines is 1. The summed E-state index contributed by atoms with van der Waals surface area (Å²) in [6.07, 6.45) is 7.22. The van der Waals surface area contributed by atoms with E-state index in [2.05, 4.69) is 46.9 Å². The smallest absolute Gasteiger partial charge is 0.326 e. The fourth-order valence-corrected chi connectivity index (χ4v) is 9.80. The summed E-state index contributed by atoms with van der Waals surface area (Å²) < 4.78 is 0. The van der Waals surface area contributed by atoms with Gasteiger partial charge in [-0.1, -0.05) is 47.5 Å². The second kappa shape index (κ2) is 30.1. The molecule has 0 unspecified atom stereocenters. The van der Waals surface area contributed by atoms with Gasteiger partial charge >= 0.3 is 5.97 Å². The topological polar surface area (TPSA) is 412 Å². The number of nitrogens with one attached hydrogen (secondary N) is 7. The molecule has 3 fully saturated rings. The van der Waals surface area contributed by atoms with E-state index in [-0.39, 0.29) is 75.9 Å². The van der Waals surface area contributed by atoms with E-state index in [9.17, 15) is 58.2 Å². The van der Waals surface area contributed by atoms with E-state index in [1.54, 1.807) is 13.8 Å². The summed E-state index contributed by atoms with van der Waals surface area (Å²) in [5.41, 5.74) is 17.6. The van der Waals surface area contributed by atoms with E-state index in [0.717, 1.165) is 12.8 Å². The number of amides is 9. The number of carbonyl (C=O) groups is 10. The van der Waals surface area contributed by atoms with Crippen LogP contribution in [0.5, 0.6) is 0 Å². The van der Waals surface area contributed by atoms with E-state index >= 15 is 0 Å². The van der Waals surface area contributed by atoms with E-state index in [1.807, 2.05) is 20.8 Å². The van der Waals surface area contributed by atoms with Crippen LogP contribution in [0.4, 0.5) is 0 Å². The third-order valence-corrected chi connectivity index (χ3v) is 14.0. The lowest BCUT2D eigenvalue weighted by Crippen LogP contribution is -2.61. The number of guanidine groups is 1. The zero-order chi connectivity index (χ0) is 57.1. The second-order valence-electron chi connectivity index (χ2n) is 20.9. The molecule has 27 heteroatoms. The predicted molar refractivity (Wildman–Crippen MR) is 280 cm³/mol. The van der Waals surface area contributed by atoms with Gasteiger partial charge in [-0.3, -0.25) is 48.1 Å². The average Bonchev–Trinajstić information content (AvgIpc) is 4.24. The molecule has 1 aromatic rings. The lowest BCUT2D eigenvalue weighted by molar-refractivity contribution is -0.149. The Morgan fingerprint density at radius 1 is 0.688 bits per heavy atom. The van der Waals surface area contributed by atoms with E-state index in [1.165, 1.54) is 34.1 Å². The van der Waals surface area contributed by atoms with Gasteiger partial charge in [0.2, 0.25) is 53.2 Å². The largest absolute Gasteiger partial charge is 0.480 e. The zero-order valence-corrected chi connectivity index (χ0v) is 45.3. The molecule has 3 aliphatic rings. The molecule has 10 atom stereocenters. The Balaban J connectivity index is 1.49. The van der Waals surface area contributed by atoms with Gasteiger partial charge in [0, 0.05) is 44.5 Å². The van der Waals surface area contributed by atoms with Crippen LogP contribution in [-0.2, 0) is 54.4 Å². The Bertz CT molecular complexity index is 2240. The molecule has 3 saturated heterocycles. The molecule has 0 spiro atoms. The number of carboxylic acids is 1. The molecule has 9 amide bonds. The maximum atomic E-state index is 14.3. The summed E-state index contributed by atoms with van der Waals surface area (Å²) in [6, 6.07) is -11.7. The molecule has 27 nitrogen and oxygen atoms in total. The first-order valence-corrected chi connectivity index (χ1v) is 26.8. The number of aliphatic hydroxyl groups is 1. The van der Waals surface area contributed by atoms with Gasteiger partial charge in [0.15, 0.2) is 5.96 Å². The SMILES string of the molecule is CCCC[C@H](N)C(=O)N1CCC[C@H]1C(=O)N[C@@H](CC(C)C)C(=O)N[C@@H](Cc1cnc[nH]1)C(=O)N[C@@H](CO)C(=O)N[C@@H](CCCN=C(N)N)C(=O)N[C@H](C(=O)N1CCC[C@H]1C(=O)N[C@@H](C)C(=O)N1CCC[C@H]1C(=O)O)C(C)C. The number of H-pyrrole nitrogens is 1. The van der Waals surface area contributed by atoms with Gasteiger partial charge in [-0.15, -0.1) is 0 Å². The van der Waals surface area contributed by atoms with Gasteiger partial charge in [-0.25, -0.2) is 9.78 Å². The monoisotopic (exact) mass is 1090 g/mol. The number of hydrogen-bond donors (Lipinski definition) is 12. The molecule has 0 bridgehead atoms. The quantitative estimate of drug-likeness (QED) is 0.0219. The molecule has 4 rings (SSSR count). The third-order valence-electron chi connectivity index (χ3n) is 14.0. The molecular weight excluding hydrogens is 1000 g/mol. The number of imidazole rings is 1. The molecular formula is C50H83N15O12. The highest BCUT2D eigenvalue weighted by Gasteiger charge is 2.43. The fourth-order valence-electron chi connectivity index (χ4n) is 9.80. The van der Waals surface area contributed by atoms with Crippen LogP contribution in [-0.4, -0.2) is 193 Å². The fraction of sp³-hybridized carbons (Fsp3) is 0.720. The number of rotatable bonds is 29. The summed E-state index contributed by atoms with van der Waals surface area (Å²) in [5.74, 6) is -8.25. The van der Waals surface area contributed by atoms with Crippen molar-refractivity contribution < 1.29 is 58.2 Å². The minimum Gasteiger partial charge on any atom is -0.480 e. The first-order chi connectivity index (χ1) is 36.5. The number of nitrogens with two attached hydrogens (primary N) is 3. The normalized spacial score (nSPS) is 20.0. The minimum atomic E-state index is -1.70. The van der Waals surface area contributed by atoms with E-state index in [0.29, 0.717) is 44.3 Å². The standard InChI is InChI=1S/C50H83N15O12/c1-7-8-13-31(51)47(74)63-19-10-16-37(63)45(72)60-33(22-27(2)3)41(68)59-34(23-30-24-54-26-56-30)42(69)61-35(25-66)43(70)58-32(14-9-18-55-50(52)53)40(67)62-39(28(4)5)48(75)64-20-11-15-36(64)44(71)57-29(6)46(73)65-21-12-17-38(65)49(76)77/h24,26-29,31-39,66H,7-23,25,51H2,1-6H3,(H,54,56)(H,57,71)(H,58,70)(H,59,68)(H,60,72)(H,61,69)(H,62,67)(H,76,77)(H4,52,53,55)/t29-,31-,32-,33-,34-,35-,36-,37-,38-,39-/m0/s1.